The van der Waals surface area contributed by atoms with Crippen molar-refractivity contribution in [2.75, 3.05) is 24.9 Å². The van der Waals surface area contributed by atoms with Crippen molar-refractivity contribution >= 4 is 28.1 Å². The largest absolute Gasteiger partial charge is 0.493 e. The molecule has 7 nitrogen and oxygen atoms in total. The number of ether oxygens (including phenoxy) is 2. The SMILES string of the molecule is CCc1cc([C@H](Nc2cc(C)ccn2)c2cccc(OC)c2OC)c(NC(=O)c2ccco2)s1. The minimum absolute atomic E-state index is 0.251. The second-order valence-corrected chi connectivity index (χ2v) is 8.80. The second-order valence-electron chi connectivity index (χ2n) is 7.66. The molecule has 0 unspecified atom stereocenters. The summed E-state index contributed by atoms with van der Waals surface area (Å²) in [5.41, 5.74) is 2.84. The lowest BCUT2D eigenvalue weighted by atomic mass is 9.98. The van der Waals surface area contributed by atoms with E-state index in [2.05, 4.69) is 28.6 Å². The molecule has 4 rings (SSSR count). The summed E-state index contributed by atoms with van der Waals surface area (Å²) in [6.07, 6.45) is 4.08. The van der Waals surface area contributed by atoms with Crippen LogP contribution in [0.3, 0.4) is 0 Å². The van der Waals surface area contributed by atoms with E-state index in [4.69, 9.17) is 13.9 Å². The molecule has 4 aromatic rings. The third kappa shape index (κ3) is 4.92. The Kier molecular flexibility index (Phi) is 7.18. The zero-order valence-corrected chi connectivity index (χ0v) is 20.4. The molecule has 0 saturated carbocycles. The number of pyridine rings is 1. The van der Waals surface area contributed by atoms with Crippen LogP contribution < -0.4 is 20.1 Å². The number of anilines is 2. The van der Waals surface area contributed by atoms with Crippen LogP contribution in [0, 0.1) is 6.92 Å². The third-order valence-corrected chi connectivity index (χ3v) is 6.61. The average molecular weight is 478 g/mol. The molecule has 0 fully saturated rings. The van der Waals surface area contributed by atoms with Gasteiger partial charge in [0.25, 0.3) is 5.91 Å². The van der Waals surface area contributed by atoms with E-state index in [9.17, 15) is 4.79 Å². The molecular formula is C26H27N3O4S. The summed E-state index contributed by atoms with van der Waals surface area (Å²) in [6.45, 7) is 4.10. The van der Waals surface area contributed by atoms with Crippen LogP contribution in [0.5, 0.6) is 11.5 Å². The Bertz CT molecular complexity index is 1270. The number of hydrogen-bond donors (Lipinski definition) is 2. The number of thiophene rings is 1. The summed E-state index contributed by atoms with van der Waals surface area (Å²) in [7, 11) is 3.23. The van der Waals surface area contributed by atoms with Gasteiger partial charge in [-0.25, -0.2) is 4.98 Å². The van der Waals surface area contributed by atoms with Crippen molar-refractivity contribution in [1.82, 2.24) is 4.98 Å². The molecule has 3 aromatic heterocycles. The van der Waals surface area contributed by atoms with Crippen molar-refractivity contribution < 1.29 is 18.7 Å². The molecule has 1 amide bonds. The minimum atomic E-state index is -0.372. The first kappa shape index (κ1) is 23.4. The summed E-state index contributed by atoms with van der Waals surface area (Å²) < 4.78 is 16.6. The van der Waals surface area contributed by atoms with Crippen molar-refractivity contribution in [3.8, 4) is 11.5 Å². The summed E-state index contributed by atoms with van der Waals surface area (Å²) in [4.78, 5) is 18.5. The van der Waals surface area contributed by atoms with Crippen LogP contribution in [0.1, 0.15) is 45.1 Å². The number of aryl methyl sites for hydroxylation is 2. The maximum Gasteiger partial charge on any atom is 0.291 e. The van der Waals surface area contributed by atoms with Gasteiger partial charge in [-0.2, -0.15) is 0 Å². The number of benzene rings is 1. The molecule has 3 heterocycles. The van der Waals surface area contributed by atoms with Gasteiger partial charge in [0, 0.05) is 22.2 Å². The fraction of sp³-hybridized carbons (Fsp3) is 0.231. The van der Waals surface area contributed by atoms with Crippen molar-refractivity contribution in [3.63, 3.8) is 0 Å². The average Bonchev–Trinajstić information content (AvgIpc) is 3.52. The first-order valence-electron chi connectivity index (χ1n) is 10.9. The van der Waals surface area contributed by atoms with Crippen molar-refractivity contribution in [1.29, 1.82) is 0 Å². The zero-order chi connectivity index (χ0) is 24.1. The van der Waals surface area contributed by atoms with Crippen LogP contribution >= 0.6 is 11.3 Å². The van der Waals surface area contributed by atoms with Gasteiger partial charge in [-0.1, -0.05) is 19.1 Å². The van der Waals surface area contributed by atoms with E-state index in [1.165, 1.54) is 17.6 Å². The molecule has 1 aromatic carbocycles. The quantitative estimate of drug-likeness (QED) is 0.304. The van der Waals surface area contributed by atoms with E-state index in [1.54, 1.807) is 32.5 Å². The van der Waals surface area contributed by atoms with E-state index in [0.29, 0.717) is 17.3 Å². The molecule has 0 radical (unpaired) electrons. The lowest BCUT2D eigenvalue weighted by Crippen LogP contribution is -2.17. The first-order valence-corrected chi connectivity index (χ1v) is 11.7. The Morgan fingerprint density at radius 2 is 1.97 bits per heavy atom. The number of para-hydroxylation sites is 1. The number of aromatic nitrogens is 1. The molecule has 0 saturated heterocycles. The predicted molar refractivity (Wildman–Crippen MR) is 134 cm³/mol. The maximum absolute atomic E-state index is 12.8. The van der Waals surface area contributed by atoms with Gasteiger partial charge in [-0.3, -0.25) is 4.79 Å². The van der Waals surface area contributed by atoms with Crippen LogP contribution in [0.4, 0.5) is 10.8 Å². The number of furan rings is 1. The van der Waals surface area contributed by atoms with E-state index in [-0.39, 0.29) is 17.7 Å². The number of methoxy groups -OCH3 is 2. The molecule has 0 spiro atoms. The van der Waals surface area contributed by atoms with Gasteiger partial charge in [0.2, 0.25) is 0 Å². The van der Waals surface area contributed by atoms with Gasteiger partial charge in [0.1, 0.15) is 10.8 Å². The second kappa shape index (κ2) is 10.4. The molecule has 176 valence electrons. The highest BCUT2D eigenvalue weighted by atomic mass is 32.1. The number of carbonyl (C=O) groups is 1. The first-order chi connectivity index (χ1) is 16.5. The molecule has 8 heteroatoms. The fourth-order valence-electron chi connectivity index (χ4n) is 3.74. The lowest BCUT2D eigenvalue weighted by molar-refractivity contribution is 0.0997. The Balaban J connectivity index is 1.84. The lowest BCUT2D eigenvalue weighted by Gasteiger charge is -2.24. The molecule has 0 aliphatic carbocycles. The summed E-state index contributed by atoms with van der Waals surface area (Å²) in [5, 5.41) is 7.31. The number of carbonyl (C=O) groups excluding carboxylic acids is 1. The molecule has 1 atom stereocenters. The molecular weight excluding hydrogens is 450 g/mol. The molecule has 34 heavy (non-hydrogen) atoms. The molecule has 0 aliphatic heterocycles. The highest BCUT2D eigenvalue weighted by Gasteiger charge is 2.27. The Labute approximate surface area is 202 Å². The normalized spacial score (nSPS) is 11.6. The van der Waals surface area contributed by atoms with Crippen LogP contribution in [-0.4, -0.2) is 25.1 Å². The summed E-state index contributed by atoms with van der Waals surface area (Å²) in [5.74, 6) is 1.89. The van der Waals surface area contributed by atoms with E-state index < -0.39 is 0 Å². The number of nitrogens with one attached hydrogen (secondary N) is 2. The van der Waals surface area contributed by atoms with Crippen molar-refractivity contribution in [3.05, 3.63) is 88.3 Å². The monoisotopic (exact) mass is 477 g/mol. The smallest absolute Gasteiger partial charge is 0.291 e. The van der Waals surface area contributed by atoms with E-state index in [0.717, 1.165) is 33.0 Å². The number of nitrogens with zero attached hydrogens (tertiary/aromatic N) is 1. The van der Waals surface area contributed by atoms with Gasteiger partial charge in [0.15, 0.2) is 17.3 Å². The number of amides is 1. The molecule has 0 aliphatic rings. The Morgan fingerprint density at radius 1 is 1.12 bits per heavy atom. The van der Waals surface area contributed by atoms with Crippen molar-refractivity contribution in [2.45, 2.75) is 26.3 Å². The Hall–Kier alpha value is -3.78. The molecule has 2 N–H and O–H groups in total. The highest BCUT2D eigenvalue weighted by Crippen LogP contribution is 2.43. The zero-order valence-electron chi connectivity index (χ0n) is 19.5. The minimum Gasteiger partial charge on any atom is -0.493 e. The topological polar surface area (TPSA) is 85.6 Å². The van der Waals surface area contributed by atoms with Crippen LogP contribution in [0.2, 0.25) is 0 Å². The van der Waals surface area contributed by atoms with Gasteiger partial charge in [-0.15, -0.1) is 11.3 Å². The molecule has 0 bridgehead atoms. The van der Waals surface area contributed by atoms with Crippen LogP contribution in [0.25, 0.3) is 0 Å². The van der Waals surface area contributed by atoms with Crippen molar-refractivity contribution in [2.24, 2.45) is 0 Å². The van der Waals surface area contributed by atoms with Crippen LogP contribution in [-0.2, 0) is 6.42 Å². The van der Waals surface area contributed by atoms with E-state index >= 15 is 0 Å². The van der Waals surface area contributed by atoms with Gasteiger partial charge < -0.3 is 24.5 Å². The number of rotatable bonds is 9. The van der Waals surface area contributed by atoms with Gasteiger partial charge >= 0.3 is 0 Å². The Morgan fingerprint density at radius 3 is 2.65 bits per heavy atom. The number of hydrogen-bond acceptors (Lipinski definition) is 7. The predicted octanol–water partition coefficient (Wildman–Crippen LogP) is 6.08. The third-order valence-electron chi connectivity index (χ3n) is 5.40. The maximum atomic E-state index is 12.8. The van der Waals surface area contributed by atoms with Gasteiger partial charge in [-0.05, 0) is 55.3 Å². The highest BCUT2D eigenvalue weighted by molar-refractivity contribution is 7.16. The summed E-state index contributed by atoms with van der Waals surface area (Å²) in [6, 6.07) is 14.7. The van der Waals surface area contributed by atoms with Crippen LogP contribution in [0.15, 0.2) is 65.4 Å². The standard InChI is InChI=1S/C26H27N3O4S/c1-5-17-15-19(26(34-17)29-25(30)21-10-7-13-33-21)23(28-22-14-16(2)11-12-27-22)18-8-6-9-20(31-3)24(18)32-4/h6-15,23H,5H2,1-4H3,(H,27,28)(H,29,30)/t23-/m1/s1. The summed E-state index contributed by atoms with van der Waals surface area (Å²) >= 11 is 1.54. The van der Waals surface area contributed by atoms with Gasteiger partial charge in [0.05, 0.1) is 26.5 Å². The van der Waals surface area contributed by atoms with E-state index in [1.807, 2.05) is 37.3 Å². The fourth-order valence-corrected chi connectivity index (χ4v) is 4.77.